The van der Waals surface area contributed by atoms with E-state index in [2.05, 4.69) is 11.0 Å². The van der Waals surface area contributed by atoms with Crippen molar-refractivity contribution in [2.45, 2.75) is 43.9 Å². The summed E-state index contributed by atoms with van der Waals surface area (Å²) in [5, 5.41) is 19.2. The lowest BCUT2D eigenvalue weighted by Gasteiger charge is -2.39. The molecule has 2 saturated heterocycles. The maximum Gasteiger partial charge on any atom is 0.101 e. The van der Waals surface area contributed by atoms with Gasteiger partial charge in [0.1, 0.15) is 6.07 Å². The third-order valence-electron chi connectivity index (χ3n) is 4.08. The maximum atomic E-state index is 9.80. The molecule has 0 radical (unpaired) electrons. The molecule has 4 heteroatoms. The zero-order valence-electron chi connectivity index (χ0n) is 10.0. The lowest BCUT2D eigenvalue weighted by Crippen LogP contribution is -2.44. The lowest BCUT2D eigenvalue weighted by atomic mass is 9.99. The molecule has 3 nitrogen and oxygen atoms in total. The second-order valence-corrected chi connectivity index (χ2v) is 5.60. The van der Waals surface area contributed by atoms with E-state index >= 15 is 0 Å². The molecule has 0 aromatic heterocycles. The van der Waals surface area contributed by atoms with Crippen LogP contribution in [-0.4, -0.2) is 23.3 Å². The Kier molecular flexibility index (Phi) is 2.93. The fraction of sp³-hybridized carbons (Fsp3) is 0.500. The molecule has 0 saturated carbocycles. The first kappa shape index (κ1) is 11.8. The van der Waals surface area contributed by atoms with E-state index in [9.17, 15) is 5.11 Å². The van der Waals surface area contributed by atoms with Gasteiger partial charge < -0.3 is 10.0 Å². The van der Waals surface area contributed by atoms with E-state index in [1.807, 2.05) is 12.1 Å². The van der Waals surface area contributed by atoms with E-state index in [1.165, 1.54) is 0 Å². The van der Waals surface area contributed by atoms with Crippen LogP contribution in [0.25, 0.3) is 0 Å². The monoisotopic (exact) mass is 262 g/mol. The number of benzene rings is 1. The third kappa shape index (κ3) is 1.86. The smallest absolute Gasteiger partial charge is 0.101 e. The number of halogens is 1. The molecular formula is C14H15ClN2O. The summed E-state index contributed by atoms with van der Waals surface area (Å²) in [7, 11) is 0. The van der Waals surface area contributed by atoms with Gasteiger partial charge in [-0.05, 0) is 43.9 Å². The minimum Gasteiger partial charge on any atom is -0.393 e. The molecule has 1 aromatic rings. The Balaban J connectivity index is 1.92. The highest BCUT2D eigenvalue weighted by molar-refractivity contribution is 6.32. The van der Waals surface area contributed by atoms with E-state index in [0.29, 0.717) is 22.7 Å². The van der Waals surface area contributed by atoms with Gasteiger partial charge in [-0.3, -0.25) is 0 Å². The molecule has 18 heavy (non-hydrogen) atoms. The van der Waals surface area contributed by atoms with Crippen LogP contribution in [0, 0.1) is 11.3 Å². The number of hydrogen-bond donors (Lipinski definition) is 1. The highest BCUT2D eigenvalue weighted by Gasteiger charge is 2.40. The molecule has 2 bridgehead atoms. The molecule has 0 amide bonds. The fourth-order valence-corrected chi connectivity index (χ4v) is 3.54. The second-order valence-electron chi connectivity index (χ2n) is 5.19. The van der Waals surface area contributed by atoms with Crippen molar-refractivity contribution in [3.05, 3.63) is 28.8 Å². The van der Waals surface area contributed by atoms with Crippen LogP contribution in [-0.2, 0) is 0 Å². The Bertz CT molecular complexity index is 497. The predicted molar refractivity (Wildman–Crippen MR) is 70.7 cm³/mol. The summed E-state index contributed by atoms with van der Waals surface area (Å²) in [6.45, 7) is 0. The molecule has 1 unspecified atom stereocenters. The van der Waals surface area contributed by atoms with Gasteiger partial charge in [-0.2, -0.15) is 5.26 Å². The van der Waals surface area contributed by atoms with Crippen molar-refractivity contribution in [1.82, 2.24) is 0 Å². The van der Waals surface area contributed by atoms with Crippen LogP contribution in [0.15, 0.2) is 18.2 Å². The van der Waals surface area contributed by atoms with E-state index in [0.717, 1.165) is 31.4 Å². The Morgan fingerprint density at radius 1 is 1.28 bits per heavy atom. The van der Waals surface area contributed by atoms with E-state index in [4.69, 9.17) is 16.9 Å². The summed E-state index contributed by atoms with van der Waals surface area (Å²) in [5.41, 5.74) is 1.60. The summed E-state index contributed by atoms with van der Waals surface area (Å²) >= 11 is 6.09. The van der Waals surface area contributed by atoms with Crippen LogP contribution in [0.5, 0.6) is 0 Å². The second kappa shape index (κ2) is 4.46. The Labute approximate surface area is 112 Å². The van der Waals surface area contributed by atoms with Gasteiger partial charge in [0.2, 0.25) is 0 Å². The number of hydrogen-bond acceptors (Lipinski definition) is 3. The first-order chi connectivity index (χ1) is 8.69. The Morgan fingerprint density at radius 3 is 2.50 bits per heavy atom. The molecule has 1 N–H and O–H groups in total. The van der Waals surface area contributed by atoms with Gasteiger partial charge in [-0.1, -0.05) is 11.6 Å². The highest BCUT2D eigenvalue weighted by Crippen LogP contribution is 2.40. The van der Waals surface area contributed by atoms with E-state index < -0.39 is 0 Å². The van der Waals surface area contributed by atoms with Gasteiger partial charge in [-0.25, -0.2) is 0 Å². The van der Waals surface area contributed by atoms with Gasteiger partial charge in [0.25, 0.3) is 0 Å². The van der Waals surface area contributed by atoms with E-state index in [-0.39, 0.29) is 6.10 Å². The summed E-state index contributed by atoms with van der Waals surface area (Å²) < 4.78 is 0. The van der Waals surface area contributed by atoms with Crippen molar-refractivity contribution in [3.8, 4) is 6.07 Å². The maximum absolute atomic E-state index is 9.80. The van der Waals surface area contributed by atoms with Crippen molar-refractivity contribution >= 4 is 17.3 Å². The summed E-state index contributed by atoms with van der Waals surface area (Å²) in [4.78, 5) is 2.37. The predicted octanol–water partition coefficient (Wildman–Crippen LogP) is 2.70. The average Bonchev–Trinajstić information content (AvgIpc) is 2.61. The molecule has 0 spiro atoms. The van der Waals surface area contributed by atoms with E-state index in [1.54, 1.807) is 6.07 Å². The zero-order valence-corrected chi connectivity index (χ0v) is 10.8. The quantitative estimate of drug-likeness (QED) is 0.847. The van der Waals surface area contributed by atoms with Crippen molar-refractivity contribution < 1.29 is 5.11 Å². The minimum absolute atomic E-state index is 0.160. The van der Waals surface area contributed by atoms with Gasteiger partial charge >= 0.3 is 0 Å². The summed E-state index contributed by atoms with van der Waals surface area (Å²) in [6, 6.07) is 8.54. The zero-order chi connectivity index (χ0) is 12.7. The normalized spacial score (nSPS) is 30.3. The standard InChI is InChI=1S/C14H15ClN2O/c15-14-7-12(2-1-9(14)8-16)17-10-3-4-11(17)6-13(18)5-10/h1-2,7,10-11,13,18H,3-6H2/t10-,11+,13?. The number of anilines is 1. The average molecular weight is 263 g/mol. The van der Waals surface area contributed by atoms with Crippen molar-refractivity contribution in [2.75, 3.05) is 4.90 Å². The molecule has 1 aromatic carbocycles. The first-order valence-electron chi connectivity index (χ1n) is 6.35. The van der Waals surface area contributed by atoms with Crippen LogP contribution in [0.1, 0.15) is 31.2 Å². The molecule has 2 heterocycles. The Hall–Kier alpha value is -1.24. The molecular weight excluding hydrogens is 248 g/mol. The molecule has 94 valence electrons. The molecule has 3 rings (SSSR count). The first-order valence-corrected chi connectivity index (χ1v) is 6.73. The summed E-state index contributed by atoms with van der Waals surface area (Å²) in [5.74, 6) is 0. The van der Waals surface area contributed by atoms with Crippen LogP contribution < -0.4 is 4.90 Å². The Morgan fingerprint density at radius 2 is 1.94 bits per heavy atom. The van der Waals surface area contributed by atoms with Gasteiger partial charge in [0.05, 0.1) is 16.7 Å². The molecule has 2 aliphatic rings. The largest absolute Gasteiger partial charge is 0.393 e. The van der Waals surface area contributed by atoms with Crippen LogP contribution in [0.3, 0.4) is 0 Å². The molecule has 3 atom stereocenters. The number of nitrogens with zero attached hydrogens (tertiary/aromatic N) is 2. The number of aliphatic hydroxyl groups is 1. The highest BCUT2D eigenvalue weighted by atomic mass is 35.5. The van der Waals surface area contributed by atoms with Crippen molar-refractivity contribution in [3.63, 3.8) is 0 Å². The SMILES string of the molecule is N#Cc1ccc(N2[C@@H]3CC[C@H]2CC(O)C3)cc1Cl. The topological polar surface area (TPSA) is 47.3 Å². The molecule has 0 aliphatic carbocycles. The van der Waals surface area contributed by atoms with Crippen LogP contribution in [0.2, 0.25) is 5.02 Å². The lowest BCUT2D eigenvalue weighted by molar-refractivity contribution is 0.126. The van der Waals surface area contributed by atoms with Gasteiger partial charge in [0.15, 0.2) is 0 Å². The number of rotatable bonds is 1. The van der Waals surface area contributed by atoms with Crippen LogP contribution >= 0.6 is 11.6 Å². The van der Waals surface area contributed by atoms with Crippen molar-refractivity contribution in [2.24, 2.45) is 0 Å². The third-order valence-corrected chi connectivity index (χ3v) is 4.39. The van der Waals surface area contributed by atoms with Crippen molar-refractivity contribution in [1.29, 1.82) is 5.26 Å². The molecule has 2 aliphatic heterocycles. The number of piperidine rings is 1. The number of fused-ring (bicyclic) bond motifs is 2. The van der Waals surface area contributed by atoms with Crippen LogP contribution in [0.4, 0.5) is 5.69 Å². The molecule has 2 fully saturated rings. The fourth-order valence-electron chi connectivity index (χ4n) is 3.33. The number of aliphatic hydroxyl groups excluding tert-OH is 1. The van der Waals surface area contributed by atoms with Gasteiger partial charge in [0, 0.05) is 17.8 Å². The number of nitriles is 1. The van der Waals surface area contributed by atoms with Gasteiger partial charge in [-0.15, -0.1) is 0 Å². The summed E-state index contributed by atoms with van der Waals surface area (Å²) in [6.07, 6.45) is 3.80. The minimum atomic E-state index is -0.160.